The summed E-state index contributed by atoms with van der Waals surface area (Å²) in [5, 5.41) is 4.03. The Kier molecular flexibility index (Phi) is 7.39. The van der Waals surface area contributed by atoms with Crippen molar-refractivity contribution >= 4 is 18.1 Å². The Bertz CT molecular complexity index is 838. The fraction of sp³-hybridized carbons (Fsp3) is 0.348. The number of hydrogen-bond donors (Lipinski definition) is 1. The van der Waals surface area contributed by atoms with Crippen molar-refractivity contribution in [3.05, 3.63) is 59.7 Å². The van der Waals surface area contributed by atoms with Gasteiger partial charge >= 0.3 is 5.97 Å². The van der Waals surface area contributed by atoms with Gasteiger partial charge in [0, 0.05) is 5.92 Å². The van der Waals surface area contributed by atoms with Gasteiger partial charge in [-0.3, -0.25) is 4.79 Å². The number of rotatable bonds is 7. The molecule has 0 saturated heterocycles. The summed E-state index contributed by atoms with van der Waals surface area (Å²) in [5.74, 6) is 0.775. The van der Waals surface area contributed by atoms with Crippen LogP contribution < -0.4 is 14.9 Å². The average molecular weight is 394 g/mol. The molecule has 0 heterocycles. The van der Waals surface area contributed by atoms with Gasteiger partial charge in [-0.25, -0.2) is 10.2 Å². The van der Waals surface area contributed by atoms with E-state index in [0.717, 1.165) is 31.2 Å². The number of esters is 1. The smallest absolute Gasteiger partial charge is 0.343 e. The Labute approximate surface area is 170 Å². The first kappa shape index (κ1) is 20.6. The largest absolute Gasteiger partial charge is 0.494 e. The maximum Gasteiger partial charge on any atom is 0.343 e. The van der Waals surface area contributed by atoms with Crippen LogP contribution in [-0.2, 0) is 4.79 Å². The Hall–Kier alpha value is -3.15. The van der Waals surface area contributed by atoms with Gasteiger partial charge in [0.1, 0.15) is 11.5 Å². The number of ether oxygens (including phenoxy) is 2. The maximum absolute atomic E-state index is 12.2. The topological polar surface area (TPSA) is 77.0 Å². The predicted molar refractivity (Wildman–Crippen MR) is 111 cm³/mol. The zero-order valence-electron chi connectivity index (χ0n) is 16.6. The van der Waals surface area contributed by atoms with Crippen LogP contribution in [0.5, 0.6) is 11.5 Å². The molecule has 0 aliphatic heterocycles. The second-order valence-corrected chi connectivity index (χ2v) is 6.99. The van der Waals surface area contributed by atoms with E-state index in [4.69, 9.17) is 9.47 Å². The molecular weight excluding hydrogens is 368 g/mol. The van der Waals surface area contributed by atoms with Crippen molar-refractivity contribution in [2.75, 3.05) is 6.61 Å². The minimum atomic E-state index is -0.436. The first-order valence-corrected chi connectivity index (χ1v) is 10.0. The van der Waals surface area contributed by atoms with E-state index in [1.165, 1.54) is 6.42 Å². The molecule has 0 spiro atoms. The van der Waals surface area contributed by atoms with Crippen LogP contribution in [-0.4, -0.2) is 24.7 Å². The third-order valence-electron chi connectivity index (χ3n) is 4.86. The number of nitrogens with zero attached hydrogens (tertiary/aromatic N) is 1. The van der Waals surface area contributed by atoms with Crippen molar-refractivity contribution in [2.45, 2.75) is 39.0 Å². The van der Waals surface area contributed by atoms with Gasteiger partial charge in [0.15, 0.2) is 0 Å². The van der Waals surface area contributed by atoms with Crippen molar-refractivity contribution in [1.82, 2.24) is 5.43 Å². The van der Waals surface area contributed by atoms with Crippen molar-refractivity contribution in [2.24, 2.45) is 11.0 Å². The Balaban J connectivity index is 1.50. The molecule has 1 aliphatic rings. The zero-order chi connectivity index (χ0) is 20.5. The number of carbonyl (C=O) groups excluding carboxylic acids is 2. The molecule has 0 unspecified atom stereocenters. The summed E-state index contributed by atoms with van der Waals surface area (Å²) in [6.07, 6.45) is 6.89. The monoisotopic (exact) mass is 394 g/mol. The van der Waals surface area contributed by atoms with Crippen LogP contribution in [0.3, 0.4) is 0 Å². The Morgan fingerprint density at radius 3 is 2.31 bits per heavy atom. The molecule has 0 radical (unpaired) electrons. The van der Waals surface area contributed by atoms with Crippen molar-refractivity contribution < 1.29 is 19.1 Å². The SMILES string of the molecule is CCOc1ccc(C(=O)Oc2ccc(/C=N\NC(=O)C3CCCCC3)cc2)cc1. The van der Waals surface area contributed by atoms with Crippen LogP contribution in [0.4, 0.5) is 0 Å². The second kappa shape index (κ2) is 10.4. The van der Waals surface area contributed by atoms with Gasteiger partial charge in [0.2, 0.25) is 5.91 Å². The van der Waals surface area contributed by atoms with Gasteiger partial charge in [-0.1, -0.05) is 19.3 Å². The molecule has 6 nitrogen and oxygen atoms in total. The molecule has 0 bridgehead atoms. The quantitative estimate of drug-likeness (QED) is 0.328. The average Bonchev–Trinajstić information content (AvgIpc) is 2.76. The van der Waals surface area contributed by atoms with Crippen molar-refractivity contribution in [3.8, 4) is 11.5 Å². The molecule has 2 aromatic rings. The lowest BCUT2D eigenvalue weighted by Crippen LogP contribution is -2.28. The van der Waals surface area contributed by atoms with E-state index in [9.17, 15) is 9.59 Å². The summed E-state index contributed by atoms with van der Waals surface area (Å²) in [7, 11) is 0. The molecule has 1 saturated carbocycles. The number of hydrogen-bond acceptors (Lipinski definition) is 5. The first-order valence-electron chi connectivity index (χ1n) is 10.0. The number of benzene rings is 2. The van der Waals surface area contributed by atoms with E-state index in [0.29, 0.717) is 23.7 Å². The van der Waals surface area contributed by atoms with Crippen LogP contribution in [0.2, 0.25) is 0 Å². The van der Waals surface area contributed by atoms with Gasteiger partial charge < -0.3 is 9.47 Å². The molecule has 1 amide bonds. The van der Waals surface area contributed by atoms with Crippen LogP contribution >= 0.6 is 0 Å². The van der Waals surface area contributed by atoms with E-state index >= 15 is 0 Å². The summed E-state index contributed by atoms with van der Waals surface area (Å²) < 4.78 is 10.7. The number of amides is 1. The van der Waals surface area contributed by atoms with Crippen molar-refractivity contribution in [1.29, 1.82) is 0 Å². The summed E-state index contributed by atoms with van der Waals surface area (Å²) in [6, 6.07) is 13.7. The third-order valence-corrected chi connectivity index (χ3v) is 4.86. The van der Waals surface area contributed by atoms with E-state index < -0.39 is 5.97 Å². The third kappa shape index (κ3) is 6.17. The van der Waals surface area contributed by atoms with Crippen LogP contribution in [0.1, 0.15) is 54.9 Å². The second-order valence-electron chi connectivity index (χ2n) is 6.99. The molecule has 152 valence electrons. The molecular formula is C23H26N2O4. The number of hydrazone groups is 1. The molecule has 1 fully saturated rings. The lowest BCUT2D eigenvalue weighted by atomic mass is 9.89. The van der Waals surface area contributed by atoms with E-state index in [1.807, 2.05) is 6.92 Å². The lowest BCUT2D eigenvalue weighted by Gasteiger charge is -2.19. The summed E-state index contributed by atoms with van der Waals surface area (Å²) in [4.78, 5) is 24.3. The minimum Gasteiger partial charge on any atom is -0.494 e. The normalized spacial score (nSPS) is 14.5. The lowest BCUT2D eigenvalue weighted by molar-refractivity contribution is -0.125. The minimum absolute atomic E-state index is 0.0122. The van der Waals surface area contributed by atoms with Gasteiger partial charge in [0.25, 0.3) is 0 Å². The molecule has 2 aromatic carbocycles. The van der Waals surface area contributed by atoms with Gasteiger partial charge in [-0.15, -0.1) is 0 Å². The van der Waals surface area contributed by atoms with Crippen LogP contribution in [0.25, 0.3) is 0 Å². The molecule has 3 rings (SSSR count). The highest BCUT2D eigenvalue weighted by molar-refractivity contribution is 5.91. The Morgan fingerprint density at radius 1 is 1.00 bits per heavy atom. The molecule has 29 heavy (non-hydrogen) atoms. The molecule has 0 atom stereocenters. The van der Waals surface area contributed by atoms with Crippen molar-refractivity contribution in [3.63, 3.8) is 0 Å². The fourth-order valence-corrected chi connectivity index (χ4v) is 3.27. The summed E-state index contributed by atoms with van der Waals surface area (Å²) in [6.45, 7) is 2.48. The van der Waals surface area contributed by atoms with E-state index in [2.05, 4.69) is 10.5 Å². The van der Waals surface area contributed by atoms with Gasteiger partial charge in [-0.05, 0) is 73.9 Å². The standard InChI is InChI=1S/C23H26N2O4/c1-2-28-20-14-10-19(11-15-20)23(27)29-21-12-8-17(9-13-21)16-24-25-22(26)18-6-4-3-5-7-18/h8-16,18H,2-7H2,1H3,(H,25,26)/b24-16-. The van der Waals surface area contributed by atoms with Gasteiger partial charge in [-0.2, -0.15) is 5.10 Å². The highest BCUT2D eigenvalue weighted by atomic mass is 16.5. The highest BCUT2D eigenvalue weighted by Gasteiger charge is 2.20. The zero-order valence-corrected chi connectivity index (χ0v) is 16.6. The number of nitrogens with one attached hydrogen (secondary N) is 1. The summed E-state index contributed by atoms with van der Waals surface area (Å²) in [5.41, 5.74) is 3.87. The van der Waals surface area contributed by atoms with Crippen LogP contribution in [0.15, 0.2) is 53.6 Å². The molecule has 1 N–H and O–H groups in total. The van der Waals surface area contributed by atoms with Gasteiger partial charge in [0.05, 0.1) is 18.4 Å². The number of carbonyl (C=O) groups is 2. The highest BCUT2D eigenvalue weighted by Crippen LogP contribution is 2.23. The molecule has 1 aliphatic carbocycles. The van der Waals surface area contributed by atoms with E-state index in [1.54, 1.807) is 54.7 Å². The maximum atomic E-state index is 12.2. The first-order chi connectivity index (χ1) is 14.2. The fourth-order valence-electron chi connectivity index (χ4n) is 3.27. The Morgan fingerprint density at radius 2 is 1.66 bits per heavy atom. The predicted octanol–water partition coefficient (Wildman–Crippen LogP) is 4.33. The van der Waals surface area contributed by atoms with E-state index in [-0.39, 0.29) is 11.8 Å². The van der Waals surface area contributed by atoms with Crippen LogP contribution in [0, 0.1) is 5.92 Å². The molecule has 6 heteroatoms. The summed E-state index contributed by atoms with van der Waals surface area (Å²) >= 11 is 0. The molecule has 0 aromatic heterocycles.